The van der Waals surface area contributed by atoms with Crippen molar-refractivity contribution < 1.29 is 37.1 Å². The molecule has 3 aromatic rings. The van der Waals surface area contributed by atoms with Gasteiger partial charge in [0.1, 0.15) is 0 Å². The van der Waals surface area contributed by atoms with Gasteiger partial charge in [0.15, 0.2) is 6.61 Å². The fourth-order valence-electron chi connectivity index (χ4n) is 5.41. The van der Waals surface area contributed by atoms with Crippen molar-refractivity contribution in [3.05, 3.63) is 94.5 Å². The molecule has 0 bridgehead atoms. The molecule has 2 aliphatic rings. The van der Waals surface area contributed by atoms with Gasteiger partial charge in [-0.2, -0.15) is 13.2 Å². The Balaban J connectivity index is 1.19. The SMILES string of the molecule is O=C(COC(=O)c1ccc(N2C(=O)[C@H]3C[C@@H](c4ccccc4)CC[C@H]3C2=O)cc1)Nc1cc(C(F)(F)F)ccc1Cl. The van der Waals surface area contributed by atoms with Gasteiger partial charge in [-0.1, -0.05) is 41.9 Å². The second-order valence-corrected chi connectivity index (χ2v) is 10.4. The standard InChI is InChI=1S/C30H24ClF3N2O5/c31-24-13-9-20(30(32,33)34)15-25(24)35-26(37)16-41-29(40)18-6-10-21(11-7-18)36-27(38)22-12-8-19(14-23(22)28(36)39)17-4-2-1-3-5-17/h1-7,9-11,13,15,19,22-23H,8,12,14,16H2,(H,35,37)/t19-,22+,23-/m0/s1. The first-order chi connectivity index (χ1) is 19.5. The Morgan fingerprint density at radius 2 is 1.61 bits per heavy atom. The number of fused-ring (bicyclic) bond motifs is 1. The van der Waals surface area contributed by atoms with Crippen LogP contribution in [0, 0.1) is 11.8 Å². The topological polar surface area (TPSA) is 92.8 Å². The van der Waals surface area contributed by atoms with E-state index in [1.165, 1.54) is 29.2 Å². The summed E-state index contributed by atoms with van der Waals surface area (Å²) < 4.78 is 43.8. The fourth-order valence-corrected chi connectivity index (χ4v) is 5.57. The zero-order valence-electron chi connectivity index (χ0n) is 21.5. The van der Waals surface area contributed by atoms with Crippen molar-refractivity contribution in [3.63, 3.8) is 0 Å². The van der Waals surface area contributed by atoms with Gasteiger partial charge in [-0.05, 0) is 73.2 Å². The minimum absolute atomic E-state index is 0.0549. The molecular formula is C30H24ClF3N2O5. The Hall–Kier alpha value is -4.18. The van der Waals surface area contributed by atoms with Crippen LogP contribution in [0.25, 0.3) is 0 Å². The zero-order chi connectivity index (χ0) is 29.3. The summed E-state index contributed by atoms with van der Waals surface area (Å²) in [5.41, 5.74) is 0.263. The van der Waals surface area contributed by atoms with E-state index in [1.54, 1.807) is 0 Å². The minimum Gasteiger partial charge on any atom is -0.452 e. The van der Waals surface area contributed by atoms with Crippen LogP contribution in [0.5, 0.6) is 0 Å². The fraction of sp³-hybridized carbons (Fsp3) is 0.267. The molecule has 5 rings (SSSR count). The molecule has 0 aromatic heterocycles. The molecule has 11 heteroatoms. The van der Waals surface area contributed by atoms with Crippen LogP contribution in [0.3, 0.4) is 0 Å². The number of nitrogens with zero attached hydrogens (tertiary/aromatic N) is 1. The lowest BCUT2D eigenvalue weighted by molar-refractivity contribution is -0.137. The van der Waals surface area contributed by atoms with E-state index in [9.17, 15) is 32.3 Å². The third-order valence-electron chi connectivity index (χ3n) is 7.46. The second-order valence-electron chi connectivity index (χ2n) is 10.0. The van der Waals surface area contributed by atoms with Gasteiger partial charge in [-0.25, -0.2) is 4.79 Å². The van der Waals surface area contributed by atoms with E-state index in [0.29, 0.717) is 24.6 Å². The monoisotopic (exact) mass is 584 g/mol. The average Bonchev–Trinajstić information content (AvgIpc) is 3.21. The van der Waals surface area contributed by atoms with Gasteiger partial charge < -0.3 is 10.1 Å². The van der Waals surface area contributed by atoms with Crippen LogP contribution in [0.2, 0.25) is 5.02 Å². The number of alkyl halides is 3. The first-order valence-electron chi connectivity index (χ1n) is 12.9. The normalized spacial score (nSPS) is 20.5. The van der Waals surface area contributed by atoms with Crippen LogP contribution in [-0.2, 0) is 25.3 Å². The molecule has 212 valence electrons. The number of hydrogen-bond acceptors (Lipinski definition) is 5. The van der Waals surface area contributed by atoms with Crippen LogP contribution in [0.4, 0.5) is 24.5 Å². The van der Waals surface area contributed by atoms with Crippen molar-refractivity contribution in [2.45, 2.75) is 31.4 Å². The quantitative estimate of drug-likeness (QED) is 0.274. The summed E-state index contributed by atoms with van der Waals surface area (Å²) in [7, 11) is 0. The molecule has 41 heavy (non-hydrogen) atoms. The van der Waals surface area contributed by atoms with E-state index in [0.717, 1.165) is 24.1 Å². The highest BCUT2D eigenvalue weighted by molar-refractivity contribution is 6.33. The zero-order valence-corrected chi connectivity index (χ0v) is 22.2. The maximum absolute atomic E-state index is 13.3. The van der Waals surface area contributed by atoms with Gasteiger partial charge >= 0.3 is 12.1 Å². The molecule has 0 spiro atoms. The molecule has 1 saturated heterocycles. The molecule has 1 heterocycles. The molecule has 1 N–H and O–H groups in total. The summed E-state index contributed by atoms with van der Waals surface area (Å²) in [5.74, 6) is -2.87. The van der Waals surface area contributed by atoms with Crippen molar-refractivity contribution in [2.75, 3.05) is 16.8 Å². The van der Waals surface area contributed by atoms with E-state index >= 15 is 0 Å². The van der Waals surface area contributed by atoms with E-state index in [1.807, 2.05) is 30.3 Å². The molecule has 0 unspecified atom stereocenters. The number of esters is 1. The maximum atomic E-state index is 13.3. The van der Waals surface area contributed by atoms with Crippen LogP contribution in [0.15, 0.2) is 72.8 Å². The van der Waals surface area contributed by atoms with E-state index in [2.05, 4.69) is 5.32 Å². The molecule has 3 aromatic carbocycles. The van der Waals surface area contributed by atoms with E-state index in [4.69, 9.17) is 16.3 Å². The Bertz CT molecular complexity index is 1490. The molecular weight excluding hydrogens is 561 g/mol. The number of nitrogens with one attached hydrogen (secondary N) is 1. The number of rotatable bonds is 6. The predicted octanol–water partition coefficient (Wildman–Crippen LogP) is 6.23. The number of amides is 3. The van der Waals surface area contributed by atoms with E-state index < -0.39 is 36.1 Å². The van der Waals surface area contributed by atoms with Crippen LogP contribution < -0.4 is 10.2 Å². The molecule has 1 aliphatic heterocycles. The van der Waals surface area contributed by atoms with Crippen LogP contribution in [0.1, 0.15) is 46.7 Å². The van der Waals surface area contributed by atoms with Crippen molar-refractivity contribution >= 4 is 46.7 Å². The summed E-state index contributed by atoms with van der Waals surface area (Å²) in [6.07, 6.45) is -2.61. The Kier molecular flexibility index (Phi) is 7.86. The number of imide groups is 1. The molecule has 1 aliphatic carbocycles. The number of carbonyl (C=O) groups excluding carboxylic acids is 4. The number of ether oxygens (including phenoxy) is 1. The first kappa shape index (κ1) is 28.4. The number of carbonyl (C=O) groups is 4. The van der Waals surface area contributed by atoms with Gasteiger partial charge in [0.25, 0.3) is 5.91 Å². The van der Waals surface area contributed by atoms with Gasteiger partial charge in [-0.15, -0.1) is 0 Å². The summed E-state index contributed by atoms with van der Waals surface area (Å²) >= 11 is 5.87. The summed E-state index contributed by atoms with van der Waals surface area (Å²) in [6, 6.07) is 18.0. The van der Waals surface area contributed by atoms with E-state index in [-0.39, 0.29) is 39.9 Å². The maximum Gasteiger partial charge on any atom is 0.416 e. The number of anilines is 2. The van der Waals surface area contributed by atoms with Gasteiger partial charge in [0, 0.05) is 0 Å². The largest absolute Gasteiger partial charge is 0.452 e. The minimum atomic E-state index is -4.63. The number of hydrogen-bond donors (Lipinski definition) is 1. The summed E-state index contributed by atoms with van der Waals surface area (Å²) in [5, 5.41) is 2.08. The van der Waals surface area contributed by atoms with Crippen molar-refractivity contribution in [2.24, 2.45) is 11.8 Å². The van der Waals surface area contributed by atoms with Gasteiger partial charge in [0.2, 0.25) is 11.8 Å². The molecule has 2 fully saturated rings. The predicted molar refractivity (Wildman–Crippen MR) is 144 cm³/mol. The van der Waals surface area contributed by atoms with Crippen molar-refractivity contribution in [1.82, 2.24) is 0 Å². The van der Waals surface area contributed by atoms with Crippen LogP contribution >= 0.6 is 11.6 Å². The Morgan fingerprint density at radius 1 is 0.927 bits per heavy atom. The third-order valence-corrected chi connectivity index (χ3v) is 7.79. The summed E-state index contributed by atoms with van der Waals surface area (Å²) in [4.78, 5) is 52.2. The molecule has 1 saturated carbocycles. The highest BCUT2D eigenvalue weighted by atomic mass is 35.5. The van der Waals surface area contributed by atoms with Crippen LogP contribution in [-0.4, -0.2) is 30.3 Å². The van der Waals surface area contributed by atoms with Crippen molar-refractivity contribution in [1.29, 1.82) is 0 Å². The van der Waals surface area contributed by atoms with Crippen molar-refractivity contribution in [3.8, 4) is 0 Å². The van der Waals surface area contributed by atoms with Gasteiger partial charge in [-0.3, -0.25) is 19.3 Å². The lowest BCUT2D eigenvalue weighted by Crippen LogP contribution is -2.30. The second kappa shape index (κ2) is 11.4. The third kappa shape index (κ3) is 5.97. The number of halogens is 4. The van der Waals surface area contributed by atoms with Gasteiger partial charge in [0.05, 0.1) is 39.4 Å². The molecule has 3 amide bonds. The summed E-state index contributed by atoms with van der Waals surface area (Å²) in [6.45, 7) is -0.776. The lowest BCUT2D eigenvalue weighted by Gasteiger charge is -2.28. The molecule has 7 nitrogen and oxygen atoms in total. The first-order valence-corrected chi connectivity index (χ1v) is 13.3. The number of benzene rings is 3. The molecule has 0 radical (unpaired) electrons. The highest BCUT2D eigenvalue weighted by Crippen LogP contribution is 2.45. The highest BCUT2D eigenvalue weighted by Gasteiger charge is 2.50. The lowest BCUT2D eigenvalue weighted by atomic mass is 9.73. The average molecular weight is 585 g/mol. The smallest absolute Gasteiger partial charge is 0.416 e. The molecule has 3 atom stereocenters. The Labute approximate surface area is 238 Å². The Morgan fingerprint density at radius 3 is 2.29 bits per heavy atom.